The van der Waals surface area contributed by atoms with Gasteiger partial charge in [0.05, 0.1) is 12.8 Å². The molecule has 6 heteroatoms. The Labute approximate surface area is 187 Å². The summed E-state index contributed by atoms with van der Waals surface area (Å²) in [4.78, 5) is 14.2. The van der Waals surface area contributed by atoms with Crippen LogP contribution in [0.4, 0.5) is 5.82 Å². The molecule has 0 radical (unpaired) electrons. The summed E-state index contributed by atoms with van der Waals surface area (Å²) in [5.74, 6) is 1.09. The summed E-state index contributed by atoms with van der Waals surface area (Å²) in [5, 5.41) is 0. The van der Waals surface area contributed by atoms with Crippen molar-refractivity contribution in [2.24, 2.45) is 0 Å². The van der Waals surface area contributed by atoms with Gasteiger partial charge in [-0.1, -0.05) is 61.3 Å². The van der Waals surface area contributed by atoms with Crippen molar-refractivity contribution < 1.29 is 4.74 Å². The standard InChI is InChI=1S/C17H30N4O.C3H8.C2H6.CH4S/c1-6-9-14-15(8-3)18-17(22-5)19-16(14)21-11-10-20(4)13(7-2)12-21;1-3-2;2*1-2/h13H,6-12H2,1-5H3;3H2,1-2H3;1-2H3;2H,1H3. The maximum absolute atomic E-state index is 5.34. The van der Waals surface area contributed by atoms with Crippen molar-refractivity contribution in [3.8, 4) is 6.01 Å². The van der Waals surface area contributed by atoms with Crippen LogP contribution >= 0.6 is 12.6 Å². The molecule has 1 saturated heterocycles. The molecule has 0 amide bonds. The van der Waals surface area contributed by atoms with Crippen LogP contribution in [0.2, 0.25) is 0 Å². The Morgan fingerprint density at radius 1 is 1.03 bits per heavy atom. The quantitative estimate of drug-likeness (QED) is 0.604. The fraction of sp³-hybridized carbons (Fsp3) is 0.826. The van der Waals surface area contributed by atoms with Crippen LogP contribution in [-0.2, 0) is 12.8 Å². The van der Waals surface area contributed by atoms with Gasteiger partial charge in [0.25, 0.3) is 0 Å². The van der Waals surface area contributed by atoms with Crippen molar-refractivity contribution in [1.82, 2.24) is 14.9 Å². The topological polar surface area (TPSA) is 41.5 Å². The Hall–Kier alpha value is -1.01. The second-order valence-corrected chi connectivity index (χ2v) is 6.76. The van der Waals surface area contributed by atoms with Crippen molar-refractivity contribution in [3.63, 3.8) is 0 Å². The number of rotatable bonds is 6. The molecule has 1 aromatic heterocycles. The summed E-state index contributed by atoms with van der Waals surface area (Å²) in [6.45, 7) is 18.0. The summed E-state index contributed by atoms with van der Waals surface area (Å²) in [5.41, 5.74) is 2.45. The first-order chi connectivity index (χ1) is 14.1. The minimum Gasteiger partial charge on any atom is -0.467 e. The molecule has 2 heterocycles. The second-order valence-electron chi connectivity index (χ2n) is 6.76. The first-order valence-corrected chi connectivity index (χ1v) is 12.3. The lowest BCUT2D eigenvalue weighted by Gasteiger charge is -2.40. The highest BCUT2D eigenvalue weighted by molar-refractivity contribution is 7.79. The third-order valence-corrected chi connectivity index (χ3v) is 4.62. The maximum atomic E-state index is 5.34. The molecule has 0 saturated carbocycles. The molecule has 0 N–H and O–H groups in total. The molecule has 0 spiro atoms. The summed E-state index contributed by atoms with van der Waals surface area (Å²) in [6.07, 6.45) is 7.18. The van der Waals surface area contributed by atoms with E-state index in [1.165, 1.54) is 18.4 Å². The van der Waals surface area contributed by atoms with Crippen LogP contribution in [0.3, 0.4) is 0 Å². The number of aromatic nitrogens is 2. The first kappa shape index (κ1) is 30.2. The minimum absolute atomic E-state index is 0.499. The maximum Gasteiger partial charge on any atom is 0.318 e. The molecule has 5 nitrogen and oxygen atoms in total. The molecular formula is C23H48N4OS. The second kappa shape index (κ2) is 19.0. The fourth-order valence-electron chi connectivity index (χ4n) is 3.23. The van der Waals surface area contributed by atoms with Gasteiger partial charge in [-0.3, -0.25) is 4.90 Å². The van der Waals surface area contributed by atoms with Crippen molar-refractivity contribution in [3.05, 3.63) is 11.3 Å². The molecule has 1 fully saturated rings. The largest absolute Gasteiger partial charge is 0.467 e. The third-order valence-electron chi connectivity index (χ3n) is 4.62. The van der Waals surface area contributed by atoms with E-state index in [0.29, 0.717) is 12.1 Å². The number of methoxy groups -OCH3 is 1. The molecule has 0 aromatic carbocycles. The van der Waals surface area contributed by atoms with Crippen molar-refractivity contribution >= 4 is 18.4 Å². The number of piperazine rings is 1. The van der Waals surface area contributed by atoms with Gasteiger partial charge < -0.3 is 9.64 Å². The van der Waals surface area contributed by atoms with Gasteiger partial charge in [-0.25, -0.2) is 0 Å². The third kappa shape index (κ3) is 10.0. The molecule has 1 aliphatic rings. The Bertz CT molecular complexity index is 514. The average Bonchev–Trinajstić information content (AvgIpc) is 2.77. The van der Waals surface area contributed by atoms with Crippen LogP contribution in [0.15, 0.2) is 0 Å². The zero-order valence-electron chi connectivity index (χ0n) is 20.9. The Balaban J connectivity index is 0. The van der Waals surface area contributed by atoms with Gasteiger partial charge in [-0.05, 0) is 32.6 Å². The Morgan fingerprint density at radius 2 is 1.62 bits per heavy atom. The number of aryl methyl sites for hydroxylation is 1. The van der Waals surface area contributed by atoms with E-state index in [2.05, 4.69) is 69.1 Å². The van der Waals surface area contributed by atoms with Gasteiger partial charge in [0.1, 0.15) is 5.82 Å². The van der Waals surface area contributed by atoms with Gasteiger partial charge in [0.15, 0.2) is 0 Å². The predicted molar refractivity (Wildman–Crippen MR) is 133 cm³/mol. The molecule has 172 valence electrons. The van der Waals surface area contributed by atoms with Crippen LogP contribution in [-0.4, -0.2) is 61.0 Å². The fourth-order valence-corrected chi connectivity index (χ4v) is 3.23. The average molecular weight is 429 g/mol. The number of hydrogen-bond donors (Lipinski definition) is 1. The van der Waals surface area contributed by atoms with E-state index in [0.717, 1.165) is 50.4 Å². The Morgan fingerprint density at radius 3 is 2.07 bits per heavy atom. The summed E-state index contributed by atoms with van der Waals surface area (Å²) >= 11 is 3.53. The lowest BCUT2D eigenvalue weighted by molar-refractivity contribution is 0.212. The molecule has 0 aliphatic carbocycles. The van der Waals surface area contributed by atoms with E-state index >= 15 is 0 Å². The predicted octanol–water partition coefficient (Wildman–Crippen LogP) is 5.52. The molecule has 1 atom stereocenters. The van der Waals surface area contributed by atoms with Crippen molar-refractivity contribution in [2.45, 2.75) is 86.6 Å². The van der Waals surface area contributed by atoms with Gasteiger partial charge in [0.2, 0.25) is 0 Å². The number of nitrogens with zero attached hydrogens (tertiary/aromatic N) is 4. The molecule has 2 rings (SSSR count). The number of anilines is 1. The van der Waals surface area contributed by atoms with E-state index in [1.807, 2.05) is 13.8 Å². The van der Waals surface area contributed by atoms with Crippen LogP contribution in [0.1, 0.15) is 79.0 Å². The molecule has 1 unspecified atom stereocenters. The molecule has 0 bridgehead atoms. The molecule has 1 aliphatic heterocycles. The van der Waals surface area contributed by atoms with Crippen LogP contribution < -0.4 is 9.64 Å². The van der Waals surface area contributed by atoms with Gasteiger partial charge >= 0.3 is 6.01 Å². The van der Waals surface area contributed by atoms with Crippen molar-refractivity contribution in [2.75, 3.05) is 44.9 Å². The van der Waals surface area contributed by atoms with E-state index in [-0.39, 0.29) is 0 Å². The van der Waals surface area contributed by atoms with E-state index in [9.17, 15) is 0 Å². The first-order valence-electron chi connectivity index (χ1n) is 11.4. The lowest BCUT2D eigenvalue weighted by Crippen LogP contribution is -2.51. The summed E-state index contributed by atoms with van der Waals surface area (Å²) in [7, 11) is 3.87. The summed E-state index contributed by atoms with van der Waals surface area (Å²) in [6, 6.07) is 1.09. The number of likely N-dealkylation sites (N-methyl/N-ethyl adjacent to an activating group) is 1. The highest BCUT2D eigenvalue weighted by atomic mass is 32.1. The summed E-state index contributed by atoms with van der Waals surface area (Å²) < 4.78 is 5.34. The van der Waals surface area contributed by atoms with Gasteiger partial charge in [-0.15, -0.1) is 0 Å². The SMILES string of the molecule is CC.CCC.CCCc1c(CC)nc(OC)nc1N1CCN(C)C(CC)C1.CS. The highest BCUT2D eigenvalue weighted by Crippen LogP contribution is 2.27. The van der Waals surface area contributed by atoms with Crippen LogP contribution in [0.25, 0.3) is 0 Å². The zero-order valence-corrected chi connectivity index (χ0v) is 21.8. The molecular weight excluding hydrogens is 380 g/mol. The minimum atomic E-state index is 0.499. The molecule has 29 heavy (non-hydrogen) atoms. The van der Waals surface area contributed by atoms with E-state index in [4.69, 9.17) is 9.72 Å². The lowest BCUT2D eigenvalue weighted by atomic mass is 10.0. The van der Waals surface area contributed by atoms with Crippen molar-refractivity contribution in [1.29, 1.82) is 0 Å². The Kier molecular flexibility index (Phi) is 19.8. The number of ether oxygens (including phenoxy) is 1. The number of hydrogen-bond acceptors (Lipinski definition) is 6. The smallest absolute Gasteiger partial charge is 0.318 e. The van der Waals surface area contributed by atoms with Gasteiger partial charge in [0, 0.05) is 31.2 Å². The van der Waals surface area contributed by atoms with E-state index < -0.39 is 0 Å². The monoisotopic (exact) mass is 428 g/mol. The van der Waals surface area contributed by atoms with Crippen LogP contribution in [0, 0.1) is 0 Å². The normalized spacial score (nSPS) is 15.8. The zero-order chi connectivity index (χ0) is 22.8. The van der Waals surface area contributed by atoms with Crippen LogP contribution in [0.5, 0.6) is 6.01 Å². The molecule has 1 aromatic rings. The number of thiol groups is 1. The van der Waals surface area contributed by atoms with Gasteiger partial charge in [-0.2, -0.15) is 22.6 Å². The highest BCUT2D eigenvalue weighted by Gasteiger charge is 2.26. The van der Waals surface area contributed by atoms with E-state index in [1.54, 1.807) is 13.4 Å².